The van der Waals surface area contributed by atoms with Crippen molar-refractivity contribution in [3.05, 3.63) is 65.7 Å². The average Bonchev–Trinajstić information content (AvgIpc) is 3.52. The number of anilines is 2. The van der Waals surface area contributed by atoms with E-state index >= 15 is 0 Å². The molecule has 0 radical (unpaired) electrons. The molecule has 0 aliphatic rings. The third kappa shape index (κ3) is 7.76. The first kappa shape index (κ1) is 27.5. The maximum atomic E-state index is 12.5. The topological polar surface area (TPSA) is 119 Å². The van der Waals surface area contributed by atoms with Crippen LogP contribution in [-0.4, -0.2) is 46.4 Å². The van der Waals surface area contributed by atoms with E-state index < -0.39 is 0 Å². The number of hydrogen-bond acceptors (Lipinski definition) is 10. The number of nitrogens with one attached hydrogen (secondary N) is 2. The first-order valence-corrected chi connectivity index (χ1v) is 15.7. The van der Waals surface area contributed by atoms with Crippen LogP contribution >= 0.6 is 57.8 Å². The van der Waals surface area contributed by atoms with E-state index in [0.717, 1.165) is 29.1 Å². The molecular formula is C26H22ClN5O3S4. The number of nitrogens with zero attached hydrogens (tertiary/aromatic N) is 2. The molecule has 13 heteroatoms. The quantitative estimate of drug-likeness (QED) is 0.0918. The molecule has 39 heavy (non-hydrogen) atoms. The Hall–Kier alpha value is -3.03. The van der Waals surface area contributed by atoms with Gasteiger partial charge in [-0.05, 0) is 60.7 Å². The highest BCUT2D eigenvalue weighted by atomic mass is 35.5. The van der Waals surface area contributed by atoms with Crippen LogP contribution in [0.25, 0.3) is 20.4 Å². The van der Waals surface area contributed by atoms with Gasteiger partial charge >= 0.3 is 0 Å². The molecule has 4 N–H and O–H groups in total. The van der Waals surface area contributed by atoms with Crippen LogP contribution in [0.4, 0.5) is 11.4 Å². The molecule has 0 fully saturated rings. The van der Waals surface area contributed by atoms with Crippen molar-refractivity contribution in [2.45, 2.75) is 8.68 Å². The van der Waals surface area contributed by atoms with Crippen LogP contribution < -0.4 is 21.1 Å². The maximum absolute atomic E-state index is 12.5. The number of fused-ring (bicyclic) bond motifs is 2. The Morgan fingerprint density at radius 2 is 1.51 bits per heavy atom. The number of rotatable bonds is 11. The number of hydrogen-bond donors (Lipinski definition) is 3. The zero-order valence-electron chi connectivity index (χ0n) is 20.3. The van der Waals surface area contributed by atoms with Gasteiger partial charge in [0.15, 0.2) is 8.68 Å². The molecule has 0 saturated heterocycles. The number of amides is 2. The lowest BCUT2D eigenvalue weighted by Gasteiger charge is -2.07. The van der Waals surface area contributed by atoms with Gasteiger partial charge in [0, 0.05) is 16.4 Å². The van der Waals surface area contributed by atoms with E-state index in [4.69, 9.17) is 22.1 Å². The van der Waals surface area contributed by atoms with Crippen LogP contribution in [0.2, 0.25) is 5.02 Å². The number of ether oxygens (including phenoxy) is 1. The Bertz CT molecular complexity index is 1620. The largest absolute Gasteiger partial charge is 0.492 e. The normalized spacial score (nSPS) is 11.1. The molecule has 2 aromatic heterocycles. The summed E-state index contributed by atoms with van der Waals surface area (Å²) in [6.45, 7) is 0.763. The summed E-state index contributed by atoms with van der Waals surface area (Å²) >= 11 is 11.6. The Balaban J connectivity index is 1.06. The Kier molecular flexibility index (Phi) is 9.09. The van der Waals surface area contributed by atoms with Crippen LogP contribution in [0, 0.1) is 0 Å². The number of nitrogen functional groups attached to an aromatic ring is 1. The lowest BCUT2D eigenvalue weighted by atomic mass is 10.3. The van der Waals surface area contributed by atoms with E-state index in [1.165, 1.54) is 46.2 Å². The van der Waals surface area contributed by atoms with E-state index in [1.807, 2.05) is 36.4 Å². The van der Waals surface area contributed by atoms with Gasteiger partial charge in [-0.1, -0.05) is 35.1 Å². The van der Waals surface area contributed by atoms with Gasteiger partial charge in [0.25, 0.3) is 0 Å². The van der Waals surface area contributed by atoms with Crippen LogP contribution in [0.3, 0.4) is 0 Å². The second-order valence-corrected chi connectivity index (χ2v) is 13.1. The smallest absolute Gasteiger partial charge is 0.234 e. The molecule has 2 heterocycles. The number of carbonyl (C=O) groups is 2. The Labute approximate surface area is 245 Å². The van der Waals surface area contributed by atoms with E-state index in [9.17, 15) is 9.59 Å². The summed E-state index contributed by atoms with van der Waals surface area (Å²) < 4.78 is 9.12. The van der Waals surface area contributed by atoms with Crippen molar-refractivity contribution in [2.75, 3.05) is 35.7 Å². The fourth-order valence-electron chi connectivity index (χ4n) is 3.42. The second-order valence-electron chi connectivity index (χ2n) is 8.15. The summed E-state index contributed by atoms with van der Waals surface area (Å²) in [4.78, 5) is 33.9. The van der Waals surface area contributed by atoms with Crippen molar-refractivity contribution < 1.29 is 14.3 Å². The molecule has 0 aliphatic carbocycles. The molecule has 2 amide bonds. The molecule has 200 valence electrons. The predicted octanol–water partition coefficient (Wildman–Crippen LogP) is 6.16. The van der Waals surface area contributed by atoms with Crippen LogP contribution in [-0.2, 0) is 9.59 Å². The van der Waals surface area contributed by atoms with Crippen molar-refractivity contribution in [3.63, 3.8) is 0 Å². The van der Waals surface area contributed by atoms with E-state index in [1.54, 1.807) is 24.3 Å². The van der Waals surface area contributed by atoms with Gasteiger partial charge in [0.2, 0.25) is 11.8 Å². The van der Waals surface area contributed by atoms with Crippen molar-refractivity contribution in [3.8, 4) is 5.75 Å². The predicted molar refractivity (Wildman–Crippen MR) is 164 cm³/mol. The molecule has 8 nitrogen and oxygen atoms in total. The molecule has 0 unspecified atom stereocenters. The van der Waals surface area contributed by atoms with Gasteiger partial charge in [0.1, 0.15) is 12.4 Å². The first-order chi connectivity index (χ1) is 18.9. The van der Waals surface area contributed by atoms with E-state index in [0.29, 0.717) is 35.3 Å². The van der Waals surface area contributed by atoms with Crippen LogP contribution in [0.1, 0.15) is 0 Å². The highest BCUT2D eigenvalue weighted by Gasteiger charge is 2.11. The fourth-order valence-corrected chi connectivity index (χ4v) is 7.40. The third-order valence-corrected chi connectivity index (χ3v) is 9.78. The monoisotopic (exact) mass is 615 g/mol. The van der Waals surface area contributed by atoms with Gasteiger partial charge in [-0.2, -0.15) is 0 Å². The van der Waals surface area contributed by atoms with Crippen molar-refractivity contribution in [2.24, 2.45) is 0 Å². The van der Waals surface area contributed by atoms with Crippen molar-refractivity contribution in [1.29, 1.82) is 0 Å². The first-order valence-electron chi connectivity index (χ1n) is 11.7. The van der Waals surface area contributed by atoms with Crippen molar-refractivity contribution in [1.82, 2.24) is 15.3 Å². The number of carbonyl (C=O) groups excluding carboxylic acids is 2. The van der Waals surface area contributed by atoms with E-state index in [-0.39, 0.29) is 23.3 Å². The Morgan fingerprint density at radius 1 is 0.872 bits per heavy atom. The lowest BCUT2D eigenvalue weighted by molar-refractivity contribution is -0.118. The van der Waals surface area contributed by atoms with Crippen LogP contribution in [0.15, 0.2) is 69.3 Å². The summed E-state index contributed by atoms with van der Waals surface area (Å²) in [5, 5.41) is 6.42. The number of aromatic nitrogens is 2. The molecule has 0 saturated carbocycles. The van der Waals surface area contributed by atoms with Gasteiger partial charge in [-0.15, -0.1) is 22.7 Å². The molecule has 3 aromatic carbocycles. The zero-order valence-corrected chi connectivity index (χ0v) is 24.3. The molecule has 0 bridgehead atoms. The summed E-state index contributed by atoms with van der Waals surface area (Å²) in [7, 11) is 0. The van der Waals surface area contributed by atoms with E-state index in [2.05, 4.69) is 20.6 Å². The number of thiazole rings is 2. The van der Waals surface area contributed by atoms with Gasteiger partial charge in [-0.3, -0.25) is 9.59 Å². The SMILES string of the molecule is Nc1ccc2nc(SCC(=O)Nc3ccc4nc(SCC(=O)NCCOc5ccc(Cl)cc5)sc4c3)sc2c1. The molecule has 5 aromatic rings. The van der Waals surface area contributed by atoms with Crippen LogP contribution in [0.5, 0.6) is 5.75 Å². The molecule has 0 atom stereocenters. The van der Waals surface area contributed by atoms with Gasteiger partial charge in [0.05, 0.1) is 38.5 Å². The maximum Gasteiger partial charge on any atom is 0.234 e. The minimum absolute atomic E-state index is 0.0963. The number of thioether (sulfide) groups is 2. The summed E-state index contributed by atoms with van der Waals surface area (Å²) in [5.41, 5.74) is 8.92. The fraction of sp³-hybridized carbons (Fsp3) is 0.154. The average molecular weight is 616 g/mol. The highest BCUT2D eigenvalue weighted by Crippen LogP contribution is 2.32. The third-order valence-electron chi connectivity index (χ3n) is 5.21. The minimum atomic E-state index is -0.117. The standard InChI is InChI=1S/C26H22ClN5O3S4/c27-15-1-5-18(6-2-15)35-10-9-29-23(33)13-36-25-32-20-8-4-17(12-22(20)39-25)30-24(34)14-37-26-31-19-7-3-16(28)11-21(19)38-26/h1-8,11-12H,9-10,13-14,28H2,(H,29,33)(H,30,34). The molecule has 0 spiro atoms. The minimum Gasteiger partial charge on any atom is -0.492 e. The summed E-state index contributed by atoms with van der Waals surface area (Å²) in [5.74, 6) is 0.984. The van der Waals surface area contributed by atoms with Crippen molar-refractivity contribution >= 4 is 101 Å². The summed E-state index contributed by atoms with van der Waals surface area (Å²) in [6.07, 6.45) is 0. The zero-order chi connectivity index (χ0) is 27.2. The lowest BCUT2D eigenvalue weighted by Crippen LogP contribution is -2.29. The van der Waals surface area contributed by atoms with Gasteiger partial charge < -0.3 is 21.1 Å². The molecule has 0 aliphatic heterocycles. The summed E-state index contributed by atoms with van der Waals surface area (Å²) in [6, 6.07) is 18.2. The number of nitrogens with two attached hydrogens (primary N) is 1. The number of benzene rings is 3. The Morgan fingerprint density at radius 3 is 2.23 bits per heavy atom. The highest BCUT2D eigenvalue weighted by molar-refractivity contribution is 8.02. The second kappa shape index (κ2) is 12.9. The molecular weight excluding hydrogens is 594 g/mol. The number of halogens is 1. The molecule has 5 rings (SSSR count). The van der Waals surface area contributed by atoms with Gasteiger partial charge in [-0.25, -0.2) is 9.97 Å².